The number of anilines is 3. The highest BCUT2D eigenvalue weighted by Crippen LogP contribution is 2.60. The maximum Gasteiger partial charge on any atom is 0.156 e. The van der Waals surface area contributed by atoms with Gasteiger partial charge in [-0.05, 0) is 97.4 Å². The highest BCUT2D eigenvalue weighted by Gasteiger charge is 2.35. The summed E-state index contributed by atoms with van der Waals surface area (Å²) in [5, 5.41) is 5.07. The van der Waals surface area contributed by atoms with Crippen LogP contribution >= 0.6 is 0 Å². The Hall–Kier alpha value is -6.32. The quantitative estimate of drug-likeness (QED) is 0.188. The minimum Gasteiger partial charge on any atom is -0.453 e. The van der Waals surface area contributed by atoms with Crippen molar-refractivity contribution in [3.8, 4) is 56.4 Å². The van der Waals surface area contributed by atoms with Gasteiger partial charge in [-0.3, -0.25) is 4.90 Å². The van der Waals surface area contributed by atoms with E-state index in [9.17, 15) is 0 Å². The Kier molecular flexibility index (Phi) is 5.57. The van der Waals surface area contributed by atoms with Crippen molar-refractivity contribution in [2.75, 3.05) is 4.90 Å². The molecule has 0 aromatic heterocycles. The summed E-state index contributed by atoms with van der Waals surface area (Å²) in [5.74, 6) is 3.20. The Balaban J connectivity index is 1.09. The van der Waals surface area contributed by atoms with E-state index in [0.717, 1.165) is 62.3 Å². The maximum atomic E-state index is 6.56. The van der Waals surface area contributed by atoms with E-state index in [1.165, 1.54) is 32.7 Å². The van der Waals surface area contributed by atoms with E-state index in [4.69, 9.17) is 9.47 Å². The predicted octanol–water partition coefficient (Wildman–Crippen LogP) is 12.7. The second-order valence-corrected chi connectivity index (χ2v) is 12.1. The summed E-state index contributed by atoms with van der Waals surface area (Å²) in [6, 6.07) is 57.9. The molecule has 0 saturated carbocycles. The molecule has 0 bridgehead atoms. The Morgan fingerprint density at radius 1 is 0.340 bits per heavy atom. The molecule has 0 unspecified atom stereocenters. The van der Waals surface area contributed by atoms with Gasteiger partial charge in [0.25, 0.3) is 0 Å². The van der Waals surface area contributed by atoms with Gasteiger partial charge in [0.05, 0.1) is 11.4 Å². The van der Waals surface area contributed by atoms with Gasteiger partial charge < -0.3 is 9.47 Å². The maximum absolute atomic E-state index is 6.56. The molecule has 2 aliphatic heterocycles. The molecule has 0 radical (unpaired) electrons. The van der Waals surface area contributed by atoms with Crippen molar-refractivity contribution in [1.29, 1.82) is 0 Å². The highest BCUT2D eigenvalue weighted by atomic mass is 16.5. The van der Waals surface area contributed by atoms with Crippen LogP contribution in [0.1, 0.15) is 0 Å². The molecule has 220 valence electrons. The van der Waals surface area contributed by atoms with Crippen molar-refractivity contribution in [3.63, 3.8) is 0 Å². The molecule has 8 aromatic carbocycles. The molecule has 0 fully saturated rings. The molecule has 0 atom stereocenters. The van der Waals surface area contributed by atoms with Crippen LogP contribution in [0.15, 0.2) is 164 Å². The summed E-state index contributed by atoms with van der Waals surface area (Å²) in [5.41, 5.74) is 9.84. The number of benzene rings is 8. The van der Waals surface area contributed by atoms with Crippen LogP contribution in [-0.2, 0) is 0 Å². The molecular weight excluding hydrogens is 574 g/mol. The smallest absolute Gasteiger partial charge is 0.156 e. The third-order valence-corrected chi connectivity index (χ3v) is 9.43. The molecular formula is C44H27NO2. The standard InChI is InChI=1S/C44H27NO2/c1-2-13-33-30(11-1)25-37(36-16-6-5-15-35(33)36)29-23-21-28(22-24-29)32-12-3-4-14-34(32)31-26-42-44-43(27-31)47-41-20-10-8-18-39(41)45(44)38-17-7-9-19-40(38)46-42/h1-27H. The normalized spacial score (nSPS) is 12.6. The molecule has 8 aromatic rings. The fourth-order valence-electron chi connectivity index (χ4n) is 7.29. The Morgan fingerprint density at radius 3 is 1.49 bits per heavy atom. The molecule has 0 aliphatic carbocycles. The van der Waals surface area contributed by atoms with Gasteiger partial charge in [-0.2, -0.15) is 0 Å². The van der Waals surface area contributed by atoms with Crippen LogP contribution in [0.2, 0.25) is 0 Å². The van der Waals surface area contributed by atoms with Crippen LogP contribution in [0, 0.1) is 0 Å². The van der Waals surface area contributed by atoms with E-state index >= 15 is 0 Å². The first-order chi connectivity index (χ1) is 23.3. The average molecular weight is 602 g/mol. The van der Waals surface area contributed by atoms with Crippen molar-refractivity contribution in [2.45, 2.75) is 0 Å². The first-order valence-electron chi connectivity index (χ1n) is 15.9. The summed E-state index contributed by atoms with van der Waals surface area (Å²) in [7, 11) is 0. The third-order valence-electron chi connectivity index (χ3n) is 9.43. The van der Waals surface area contributed by atoms with E-state index < -0.39 is 0 Å². The van der Waals surface area contributed by atoms with Crippen molar-refractivity contribution in [1.82, 2.24) is 0 Å². The summed E-state index contributed by atoms with van der Waals surface area (Å²) in [6.45, 7) is 0. The van der Waals surface area contributed by atoms with Crippen LogP contribution in [0.5, 0.6) is 23.0 Å². The van der Waals surface area contributed by atoms with Crippen molar-refractivity contribution in [3.05, 3.63) is 164 Å². The van der Waals surface area contributed by atoms with Gasteiger partial charge in [0.1, 0.15) is 5.69 Å². The highest BCUT2D eigenvalue weighted by molar-refractivity contribution is 6.13. The SMILES string of the molecule is c1ccc2c(c1)Oc1cc(-c3ccccc3-c3ccc(-c4cc5ccccc5c5ccccc45)cc3)cc3c1N2c1ccccc1O3. The fourth-order valence-corrected chi connectivity index (χ4v) is 7.29. The number of para-hydroxylation sites is 4. The fraction of sp³-hybridized carbons (Fsp3) is 0. The molecule has 47 heavy (non-hydrogen) atoms. The zero-order valence-electron chi connectivity index (χ0n) is 25.4. The molecule has 2 heterocycles. The molecule has 3 heteroatoms. The van der Waals surface area contributed by atoms with Gasteiger partial charge in [-0.25, -0.2) is 0 Å². The predicted molar refractivity (Wildman–Crippen MR) is 193 cm³/mol. The van der Waals surface area contributed by atoms with Gasteiger partial charge >= 0.3 is 0 Å². The second kappa shape index (κ2) is 10.1. The Morgan fingerprint density at radius 2 is 0.830 bits per heavy atom. The monoisotopic (exact) mass is 601 g/mol. The Bertz CT molecular complexity index is 2460. The molecule has 10 rings (SSSR count). The van der Waals surface area contributed by atoms with Gasteiger partial charge in [-0.1, -0.05) is 121 Å². The molecule has 3 nitrogen and oxygen atoms in total. The third kappa shape index (κ3) is 4.00. The zero-order valence-corrected chi connectivity index (χ0v) is 25.4. The molecule has 0 amide bonds. The largest absolute Gasteiger partial charge is 0.453 e. The average Bonchev–Trinajstić information content (AvgIpc) is 3.14. The molecule has 0 spiro atoms. The van der Waals surface area contributed by atoms with Gasteiger partial charge in [0.2, 0.25) is 0 Å². The van der Waals surface area contributed by atoms with Crippen LogP contribution in [0.4, 0.5) is 17.1 Å². The van der Waals surface area contributed by atoms with Crippen molar-refractivity contribution >= 4 is 38.6 Å². The number of ether oxygens (including phenoxy) is 2. The van der Waals surface area contributed by atoms with E-state index in [2.05, 4.69) is 132 Å². The van der Waals surface area contributed by atoms with E-state index in [1.807, 2.05) is 36.4 Å². The lowest BCUT2D eigenvalue weighted by Crippen LogP contribution is -2.20. The first-order valence-corrected chi connectivity index (χ1v) is 15.9. The lowest BCUT2D eigenvalue weighted by molar-refractivity contribution is 0.446. The minimum absolute atomic E-state index is 0.777. The summed E-state index contributed by atoms with van der Waals surface area (Å²) in [6.07, 6.45) is 0. The molecule has 2 aliphatic rings. The zero-order chi connectivity index (χ0) is 30.9. The van der Waals surface area contributed by atoms with Crippen LogP contribution in [0.3, 0.4) is 0 Å². The summed E-state index contributed by atoms with van der Waals surface area (Å²) >= 11 is 0. The second-order valence-electron chi connectivity index (χ2n) is 12.1. The van der Waals surface area contributed by atoms with Gasteiger partial charge in [0, 0.05) is 0 Å². The van der Waals surface area contributed by atoms with Crippen molar-refractivity contribution < 1.29 is 9.47 Å². The number of rotatable bonds is 3. The van der Waals surface area contributed by atoms with E-state index in [0.29, 0.717) is 0 Å². The van der Waals surface area contributed by atoms with Gasteiger partial charge in [0.15, 0.2) is 23.0 Å². The van der Waals surface area contributed by atoms with E-state index in [-0.39, 0.29) is 0 Å². The number of fused-ring (bicyclic) bond motifs is 7. The van der Waals surface area contributed by atoms with Crippen molar-refractivity contribution in [2.24, 2.45) is 0 Å². The summed E-state index contributed by atoms with van der Waals surface area (Å²) < 4.78 is 13.1. The molecule has 0 saturated heterocycles. The van der Waals surface area contributed by atoms with Crippen LogP contribution in [-0.4, -0.2) is 0 Å². The topological polar surface area (TPSA) is 21.7 Å². The number of nitrogens with zero attached hydrogens (tertiary/aromatic N) is 1. The van der Waals surface area contributed by atoms with Crippen LogP contribution in [0.25, 0.3) is 54.9 Å². The minimum atomic E-state index is 0.777. The number of hydrogen-bond donors (Lipinski definition) is 0. The molecule has 0 N–H and O–H groups in total. The lowest BCUT2D eigenvalue weighted by Gasteiger charge is -2.38. The Labute approximate surface area is 272 Å². The first kappa shape index (κ1) is 26.0. The van der Waals surface area contributed by atoms with Crippen LogP contribution < -0.4 is 14.4 Å². The number of hydrogen-bond acceptors (Lipinski definition) is 3. The summed E-state index contributed by atoms with van der Waals surface area (Å²) in [4.78, 5) is 2.26. The van der Waals surface area contributed by atoms with Gasteiger partial charge in [-0.15, -0.1) is 0 Å². The lowest BCUT2D eigenvalue weighted by atomic mass is 9.90. The van der Waals surface area contributed by atoms with E-state index in [1.54, 1.807) is 0 Å².